The van der Waals surface area contributed by atoms with Gasteiger partial charge in [-0.25, -0.2) is 8.78 Å². The van der Waals surface area contributed by atoms with Crippen molar-refractivity contribution in [1.29, 1.82) is 0 Å². The second kappa shape index (κ2) is 5.88. The molecule has 2 aromatic carbocycles. The van der Waals surface area contributed by atoms with Crippen LogP contribution in [0, 0.1) is 11.6 Å². The first-order chi connectivity index (χ1) is 8.95. The SMILES string of the molecule is Nc1cc(Br)c(F)cc1OCc1cc(F)cc(Br)c1. The Bertz CT molecular complexity index is 600. The van der Waals surface area contributed by atoms with E-state index in [1.165, 1.54) is 24.3 Å². The van der Waals surface area contributed by atoms with E-state index in [9.17, 15) is 8.78 Å². The van der Waals surface area contributed by atoms with Crippen LogP contribution in [-0.2, 0) is 6.61 Å². The quantitative estimate of drug-likeness (QED) is 0.771. The first kappa shape index (κ1) is 14.3. The van der Waals surface area contributed by atoms with E-state index in [-0.39, 0.29) is 22.6 Å². The predicted molar refractivity (Wildman–Crippen MR) is 76.9 cm³/mol. The lowest BCUT2D eigenvalue weighted by molar-refractivity contribution is 0.305. The van der Waals surface area contributed by atoms with Gasteiger partial charge in [0.15, 0.2) is 0 Å². The maximum Gasteiger partial charge on any atom is 0.145 e. The fourth-order valence-corrected chi connectivity index (χ4v) is 2.40. The molecule has 0 unspecified atom stereocenters. The first-order valence-corrected chi connectivity index (χ1v) is 6.86. The molecule has 0 aromatic heterocycles. The third kappa shape index (κ3) is 3.67. The van der Waals surface area contributed by atoms with Crippen LogP contribution in [0.3, 0.4) is 0 Å². The minimum atomic E-state index is -0.468. The van der Waals surface area contributed by atoms with Crippen molar-refractivity contribution in [2.24, 2.45) is 0 Å². The van der Waals surface area contributed by atoms with E-state index in [4.69, 9.17) is 10.5 Å². The Morgan fingerprint density at radius 2 is 1.79 bits per heavy atom. The first-order valence-electron chi connectivity index (χ1n) is 5.28. The summed E-state index contributed by atoms with van der Waals surface area (Å²) >= 11 is 6.22. The molecule has 100 valence electrons. The van der Waals surface area contributed by atoms with Crippen molar-refractivity contribution in [3.8, 4) is 5.75 Å². The second-order valence-electron chi connectivity index (χ2n) is 3.87. The van der Waals surface area contributed by atoms with E-state index in [1.54, 1.807) is 6.07 Å². The van der Waals surface area contributed by atoms with E-state index < -0.39 is 5.82 Å². The molecule has 0 aliphatic carbocycles. The average molecular weight is 393 g/mol. The Balaban J connectivity index is 2.16. The lowest BCUT2D eigenvalue weighted by Crippen LogP contribution is -2.00. The van der Waals surface area contributed by atoms with Crippen molar-refractivity contribution in [3.05, 3.63) is 56.5 Å². The van der Waals surface area contributed by atoms with Gasteiger partial charge < -0.3 is 10.5 Å². The molecule has 0 fully saturated rings. The van der Waals surface area contributed by atoms with Gasteiger partial charge in [-0.2, -0.15) is 0 Å². The summed E-state index contributed by atoms with van der Waals surface area (Å²) in [6.45, 7) is 0.0988. The molecule has 0 bridgehead atoms. The highest BCUT2D eigenvalue weighted by Gasteiger charge is 2.08. The fraction of sp³-hybridized carbons (Fsp3) is 0.0769. The maximum atomic E-state index is 13.4. The topological polar surface area (TPSA) is 35.2 Å². The molecule has 0 atom stereocenters. The molecular weight excluding hydrogens is 384 g/mol. The zero-order chi connectivity index (χ0) is 14.0. The second-order valence-corrected chi connectivity index (χ2v) is 5.64. The van der Waals surface area contributed by atoms with Gasteiger partial charge in [-0.3, -0.25) is 0 Å². The van der Waals surface area contributed by atoms with Crippen LogP contribution in [0.15, 0.2) is 39.3 Å². The van der Waals surface area contributed by atoms with E-state index >= 15 is 0 Å². The highest BCUT2D eigenvalue weighted by molar-refractivity contribution is 9.10. The fourth-order valence-electron chi connectivity index (χ4n) is 1.52. The number of hydrogen-bond donors (Lipinski definition) is 1. The van der Waals surface area contributed by atoms with E-state index in [1.807, 2.05) is 0 Å². The Morgan fingerprint density at radius 1 is 1.05 bits per heavy atom. The van der Waals surface area contributed by atoms with Crippen molar-refractivity contribution >= 4 is 37.5 Å². The number of nitrogen functional groups attached to an aromatic ring is 1. The van der Waals surface area contributed by atoms with Crippen LogP contribution < -0.4 is 10.5 Å². The van der Waals surface area contributed by atoms with Crippen molar-refractivity contribution in [3.63, 3.8) is 0 Å². The van der Waals surface area contributed by atoms with Gasteiger partial charge in [-0.15, -0.1) is 0 Å². The maximum absolute atomic E-state index is 13.4. The highest BCUT2D eigenvalue weighted by Crippen LogP contribution is 2.29. The third-order valence-electron chi connectivity index (χ3n) is 2.37. The van der Waals surface area contributed by atoms with Gasteiger partial charge in [0.1, 0.15) is 24.0 Å². The molecular formula is C13H9Br2F2NO. The number of nitrogens with two attached hydrogens (primary N) is 1. The van der Waals surface area contributed by atoms with Crippen LogP contribution in [0.4, 0.5) is 14.5 Å². The van der Waals surface area contributed by atoms with Crippen molar-refractivity contribution in [2.45, 2.75) is 6.61 Å². The summed E-state index contributed by atoms with van der Waals surface area (Å²) in [4.78, 5) is 0. The van der Waals surface area contributed by atoms with E-state index in [0.717, 1.165) is 0 Å². The minimum Gasteiger partial charge on any atom is -0.487 e. The number of ether oxygens (including phenoxy) is 1. The normalized spacial score (nSPS) is 10.5. The molecule has 0 aliphatic rings. The molecule has 2 N–H and O–H groups in total. The smallest absolute Gasteiger partial charge is 0.145 e. The monoisotopic (exact) mass is 391 g/mol. The summed E-state index contributed by atoms with van der Waals surface area (Å²) in [6, 6.07) is 7.02. The summed E-state index contributed by atoms with van der Waals surface area (Å²) in [7, 11) is 0. The van der Waals surface area contributed by atoms with Gasteiger partial charge in [-0.1, -0.05) is 15.9 Å². The van der Waals surface area contributed by atoms with Crippen molar-refractivity contribution in [2.75, 3.05) is 5.73 Å². The molecule has 0 aliphatic heterocycles. The average Bonchev–Trinajstić information content (AvgIpc) is 2.31. The molecule has 0 heterocycles. The minimum absolute atomic E-state index is 0.0988. The number of anilines is 1. The zero-order valence-electron chi connectivity index (χ0n) is 9.59. The number of benzene rings is 2. The molecule has 0 saturated heterocycles. The summed E-state index contributed by atoms with van der Waals surface area (Å²) < 4.78 is 32.8. The van der Waals surface area contributed by atoms with Crippen LogP contribution in [0.2, 0.25) is 0 Å². The third-order valence-corrected chi connectivity index (χ3v) is 3.43. The van der Waals surface area contributed by atoms with Gasteiger partial charge in [0.25, 0.3) is 0 Å². The Hall–Kier alpha value is -1.14. The van der Waals surface area contributed by atoms with Gasteiger partial charge in [0, 0.05) is 10.5 Å². The molecule has 2 nitrogen and oxygen atoms in total. The molecule has 0 spiro atoms. The summed E-state index contributed by atoms with van der Waals surface area (Å²) in [5, 5.41) is 0. The van der Waals surface area contributed by atoms with Gasteiger partial charge >= 0.3 is 0 Å². The van der Waals surface area contributed by atoms with Crippen molar-refractivity contribution in [1.82, 2.24) is 0 Å². The molecule has 0 amide bonds. The van der Waals surface area contributed by atoms with Crippen LogP contribution in [0.1, 0.15) is 5.56 Å². The molecule has 2 aromatic rings. The van der Waals surface area contributed by atoms with Crippen LogP contribution in [0.25, 0.3) is 0 Å². The molecule has 2 rings (SSSR count). The summed E-state index contributed by atoms with van der Waals surface area (Å²) in [5.41, 5.74) is 6.64. The highest BCUT2D eigenvalue weighted by atomic mass is 79.9. The number of hydrogen-bond acceptors (Lipinski definition) is 2. The molecule has 19 heavy (non-hydrogen) atoms. The van der Waals surface area contributed by atoms with Crippen LogP contribution in [-0.4, -0.2) is 0 Å². The van der Waals surface area contributed by atoms with Crippen LogP contribution >= 0.6 is 31.9 Å². The number of rotatable bonds is 3. The summed E-state index contributed by atoms with van der Waals surface area (Å²) in [5.74, 6) is -0.617. The van der Waals surface area contributed by atoms with Gasteiger partial charge in [0.2, 0.25) is 0 Å². The summed E-state index contributed by atoms with van der Waals surface area (Å²) in [6.07, 6.45) is 0. The molecule has 0 saturated carbocycles. The van der Waals surface area contributed by atoms with Gasteiger partial charge in [-0.05, 0) is 45.8 Å². The van der Waals surface area contributed by atoms with E-state index in [2.05, 4.69) is 31.9 Å². The Morgan fingerprint density at radius 3 is 2.47 bits per heavy atom. The zero-order valence-corrected chi connectivity index (χ0v) is 12.8. The van der Waals surface area contributed by atoms with Gasteiger partial charge in [0.05, 0.1) is 10.2 Å². The Labute approximate surface area is 125 Å². The van der Waals surface area contributed by atoms with E-state index in [0.29, 0.717) is 15.7 Å². The largest absolute Gasteiger partial charge is 0.487 e. The predicted octanol–water partition coefficient (Wildman–Crippen LogP) is 4.65. The molecule has 0 radical (unpaired) electrons. The lowest BCUT2D eigenvalue weighted by Gasteiger charge is -2.10. The number of halogens is 4. The standard InChI is InChI=1S/C13H9Br2F2NO/c14-8-1-7(2-9(16)3-8)6-19-13-5-11(17)10(15)4-12(13)18/h1-5H,6,18H2. The molecule has 6 heteroatoms. The lowest BCUT2D eigenvalue weighted by atomic mass is 10.2. The van der Waals surface area contributed by atoms with Crippen LogP contribution in [0.5, 0.6) is 5.75 Å². The van der Waals surface area contributed by atoms with Crippen molar-refractivity contribution < 1.29 is 13.5 Å². The Kier molecular flexibility index (Phi) is 4.42.